The molecule has 0 radical (unpaired) electrons. The van der Waals surface area contributed by atoms with Gasteiger partial charge in [-0.2, -0.15) is 0 Å². The number of aromatic nitrogens is 2. The molecule has 6 rings (SSSR count). The zero-order valence-corrected chi connectivity index (χ0v) is 19.8. The van der Waals surface area contributed by atoms with Gasteiger partial charge in [0.15, 0.2) is 0 Å². The molecule has 0 fully saturated rings. The van der Waals surface area contributed by atoms with Gasteiger partial charge in [0.2, 0.25) is 0 Å². The third-order valence-electron chi connectivity index (χ3n) is 6.96. The second-order valence-electron chi connectivity index (χ2n) is 8.99. The molecule has 1 aromatic heterocycles. The average Bonchev–Trinajstić information content (AvgIpc) is 3.45. The molecule has 0 saturated heterocycles. The fraction of sp³-hybridized carbons (Fsp3) is 0.0606. The van der Waals surface area contributed by atoms with Crippen LogP contribution < -0.4 is 0 Å². The number of rotatable bonds is 6. The van der Waals surface area contributed by atoms with Crippen LogP contribution in [0.2, 0.25) is 0 Å². The first-order valence-electron chi connectivity index (χ1n) is 12.1. The molecule has 3 heteroatoms. The molecule has 5 aromatic carbocycles. The first-order valence-corrected chi connectivity index (χ1v) is 12.1. The van der Waals surface area contributed by atoms with Crippen molar-refractivity contribution in [3.05, 3.63) is 174 Å². The van der Waals surface area contributed by atoms with Gasteiger partial charge in [-0.3, -0.25) is 0 Å². The van der Waals surface area contributed by atoms with Crippen molar-refractivity contribution in [2.24, 2.45) is 0 Å². The summed E-state index contributed by atoms with van der Waals surface area (Å²) in [5.41, 5.74) is 4.15. The first-order chi connectivity index (χ1) is 17.8. The summed E-state index contributed by atoms with van der Waals surface area (Å²) in [6.07, 6.45) is 2.98. The van der Waals surface area contributed by atoms with Gasteiger partial charge in [-0.25, -0.2) is 4.98 Å². The summed E-state index contributed by atoms with van der Waals surface area (Å²) in [6.45, 7) is 0. The van der Waals surface area contributed by atoms with Crippen LogP contribution in [0.15, 0.2) is 146 Å². The molecule has 0 saturated carbocycles. The molecular weight excluding hydrogens is 440 g/mol. The van der Waals surface area contributed by atoms with Gasteiger partial charge in [0.05, 0.1) is 12.0 Å². The Bertz CT molecular complexity index is 1490. The third-order valence-corrected chi connectivity index (χ3v) is 6.96. The Kier molecular flexibility index (Phi) is 5.68. The standard InChI is InChI=1S/C33H26N2O/c36-32(30-22-12-14-25-13-10-11-21-29(25)30)31-23-35(24-34-31)33(26-15-4-1-5-16-26,27-17-6-2-7-18-27)28-19-8-3-9-20-28/h1-24,32,36H. The van der Waals surface area contributed by atoms with E-state index >= 15 is 0 Å². The molecule has 0 aliphatic rings. The highest BCUT2D eigenvalue weighted by molar-refractivity contribution is 5.86. The molecule has 0 aliphatic carbocycles. The maximum absolute atomic E-state index is 11.5. The summed E-state index contributed by atoms with van der Waals surface area (Å²) in [4.78, 5) is 4.75. The second-order valence-corrected chi connectivity index (χ2v) is 8.99. The van der Waals surface area contributed by atoms with Gasteiger partial charge in [0.25, 0.3) is 0 Å². The zero-order valence-electron chi connectivity index (χ0n) is 19.8. The minimum atomic E-state index is -0.850. The Labute approximate surface area is 211 Å². The van der Waals surface area contributed by atoms with Gasteiger partial charge < -0.3 is 9.67 Å². The van der Waals surface area contributed by atoms with Gasteiger partial charge in [-0.1, -0.05) is 133 Å². The van der Waals surface area contributed by atoms with Gasteiger partial charge in [0.1, 0.15) is 11.6 Å². The van der Waals surface area contributed by atoms with Crippen LogP contribution >= 0.6 is 0 Å². The van der Waals surface area contributed by atoms with E-state index in [1.165, 1.54) is 0 Å². The molecule has 3 nitrogen and oxygen atoms in total. The molecule has 174 valence electrons. The molecule has 36 heavy (non-hydrogen) atoms. The van der Waals surface area contributed by atoms with Gasteiger partial charge >= 0.3 is 0 Å². The van der Waals surface area contributed by atoms with Crippen molar-refractivity contribution in [2.75, 3.05) is 0 Å². The van der Waals surface area contributed by atoms with Gasteiger partial charge in [-0.15, -0.1) is 0 Å². The molecule has 6 aromatic rings. The highest BCUT2D eigenvalue weighted by Gasteiger charge is 2.38. The van der Waals surface area contributed by atoms with E-state index in [-0.39, 0.29) is 0 Å². The number of hydrogen-bond donors (Lipinski definition) is 1. The number of fused-ring (bicyclic) bond motifs is 1. The molecule has 0 spiro atoms. The van der Waals surface area contributed by atoms with Crippen molar-refractivity contribution in [1.29, 1.82) is 0 Å². The number of hydrogen-bond acceptors (Lipinski definition) is 2. The average molecular weight is 467 g/mol. The lowest BCUT2D eigenvalue weighted by Crippen LogP contribution is -2.37. The third kappa shape index (κ3) is 3.62. The number of aliphatic hydroxyl groups excluding tert-OH is 1. The second kappa shape index (κ2) is 9.29. The van der Waals surface area contributed by atoms with E-state index in [1.54, 1.807) is 0 Å². The van der Waals surface area contributed by atoms with Crippen molar-refractivity contribution in [1.82, 2.24) is 9.55 Å². The fourth-order valence-electron chi connectivity index (χ4n) is 5.30. The lowest BCUT2D eigenvalue weighted by Gasteiger charge is -2.37. The molecule has 1 unspecified atom stereocenters. The zero-order chi connectivity index (χ0) is 24.4. The maximum atomic E-state index is 11.5. The van der Waals surface area contributed by atoms with Gasteiger partial charge in [0, 0.05) is 6.20 Å². The SMILES string of the molecule is OC(c1cn(C(c2ccccc2)(c2ccccc2)c2ccccc2)cn1)c1cccc2ccccc12. The summed E-state index contributed by atoms with van der Waals surface area (Å²) in [7, 11) is 0. The molecule has 0 amide bonds. The van der Waals surface area contributed by atoms with Crippen molar-refractivity contribution in [3.8, 4) is 0 Å². The van der Waals surface area contributed by atoms with Crippen molar-refractivity contribution in [3.63, 3.8) is 0 Å². The normalized spacial score (nSPS) is 12.5. The van der Waals surface area contributed by atoms with Crippen LogP contribution in [-0.4, -0.2) is 14.7 Å². The summed E-state index contributed by atoms with van der Waals surface area (Å²) in [5, 5.41) is 13.6. The van der Waals surface area contributed by atoms with E-state index in [9.17, 15) is 5.11 Å². The van der Waals surface area contributed by atoms with Crippen LogP contribution in [0.5, 0.6) is 0 Å². The van der Waals surface area contributed by atoms with E-state index in [0.29, 0.717) is 5.69 Å². The number of nitrogens with zero attached hydrogens (tertiary/aromatic N) is 2. The molecule has 0 aliphatic heterocycles. The van der Waals surface area contributed by atoms with Crippen LogP contribution in [-0.2, 0) is 5.54 Å². The number of imidazole rings is 1. The summed E-state index contributed by atoms with van der Waals surface area (Å²) in [6, 6.07) is 45.6. The number of aliphatic hydroxyl groups is 1. The Morgan fingerprint density at radius 3 is 1.67 bits per heavy atom. The van der Waals surface area contributed by atoms with Crippen molar-refractivity contribution in [2.45, 2.75) is 11.6 Å². The van der Waals surface area contributed by atoms with E-state index < -0.39 is 11.6 Å². The Balaban J connectivity index is 1.57. The van der Waals surface area contributed by atoms with Crippen LogP contribution in [0.3, 0.4) is 0 Å². The summed E-state index contributed by atoms with van der Waals surface area (Å²) >= 11 is 0. The molecule has 1 atom stereocenters. The Hall–Kier alpha value is -4.47. The van der Waals surface area contributed by atoms with Gasteiger partial charge in [-0.05, 0) is 33.0 Å². The van der Waals surface area contributed by atoms with Crippen LogP contribution in [0, 0.1) is 0 Å². The summed E-state index contributed by atoms with van der Waals surface area (Å²) < 4.78 is 2.14. The van der Waals surface area contributed by atoms with E-state index in [2.05, 4.69) is 89.5 Å². The predicted octanol–water partition coefficient (Wildman–Crippen LogP) is 6.96. The van der Waals surface area contributed by atoms with E-state index in [0.717, 1.165) is 33.0 Å². The van der Waals surface area contributed by atoms with Crippen LogP contribution in [0.4, 0.5) is 0 Å². The minimum absolute atomic E-state index is 0.610. The number of benzene rings is 5. The highest BCUT2D eigenvalue weighted by atomic mass is 16.3. The van der Waals surface area contributed by atoms with Crippen LogP contribution in [0.1, 0.15) is 34.1 Å². The predicted molar refractivity (Wildman–Crippen MR) is 145 cm³/mol. The lowest BCUT2D eigenvalue weighted by atomic mass is 9.77. The fourth-order valence-corrected chi connectivity index (χ4v) is 5.30. The molecule has 0 bridgehead atoms. The first kappa shape index (κ1) is 22.0. The van der Waals surface area contributed by atoms with Crippen LogP contribution in [0.25, 0.3) is 10.8 Å². The Morgan fingerprint density at radius 1 is 0.583 bits per heavy atom. The monoisotopic (exact) mass is 466 g/mol. The summed E-state index contributed by atoms with van der Waals surface area (Å²) in [5.74, 6) is 0. The lowest BCUT2D eigenvalue weighted by molar-refractivity contribution is 0.217. The smallest absolute Gasteiger partial charge is 0.123 e. The quantitative estimate of drug-likeness (QED) is 0.270. The van der Waals surface area contributed by atoms with Crippen molar-refractivity contribution < 1.29 is 5.11 Å². The molecule has 1 N–H and O–H groups in total. The molecular formula is C33H26N2O. The minimum Gasteiger partial charge on any atom is -0.382 e. The largest absolute Gasteiger partial charge is 0.382 e. The maximum Gasteiger partial charge on any atom is 0.123 e. The topological polar surface area (TPSA) is 38.0 Å². The molecule has 1 heterocycles. The van der Waals surface area contributed by atoms with E-state index in [4.69, 9.17) is 4.98 Å². The highest BCUT2D eigenvalue weighted by Crippen LogP contribution is 2.41. The Morgan fingerprint density at radius 2 is 1.08 bits per heavy atom. The van der Waals surface area contributed by atoms with Crippen molar-refractivity contribution >= 4 is 10.8 Å². The van der Waals surface area contributed by atoms with E-state index in [1.807, 2.05) is 61.1 Å².